The normalized spacial score (nSPS) is 28.1. The van der Waals surface area contributed by atoms with Crippen molar-refractivity contribution in [1.29, 1.82) is 0 Å². The van der Waals surface area contributed by atoms with Crippen molar-refractivity contribution < 1.29 is 24.5 Å². The van der Waals surface area contributed by atoms with Crippen LogP contribution in [0.1, 0.15) is 13.2 Å². The van der Waals surface area contributed by atoms with Gasteiger partial charge >= 0.3 is 5.97 Å². The minimum atomic E-state index is -0.907. The number of alkyl halides is 1. The van der Waals surface area contributed by atoms with E-state index in [1.807, 2.05) is 0 Å². The Morgan fingerprint density at radius 3 is 3.00 bits per heavy atom. The Morgan fingerprint density at radius 2 is 2.27 bits per heavy atom. The Bertz CT molecular complexity index is 708. The summed E-state index contributed by atoms with van der Waals surface area (Å²) in [6.45, 7) is 1.32. The third kappa shape index (κ3) is 2.53. The van der Waals surface area contributed by atoms with Gasteiger partial charge in [-0.2, -0.15) is 4.98 Å². The molecule has 0 aliphatic carbocycles. The lowest BCUT2D eigenvalue weighted by Gasteiger charge is -2.16. The summed E-state index contributed by atoms with van der Waals surface area (Å²) in [5.41, 5.74) is 0.553. The van der Waals surface area contributed by atoms with Crippen LogP contribution in [0.3, 0.4) is 0 Å². The van der Waals surface area contributed by atoms with Gasteiger partial charge in [-0.15, -0.1) is 0 Å². The van der Waals surface area contributed by atoms with E-state index >= 15 is 0 Å². The number of aliphatic hydroxyl groups excluding tert-OH is 1. The Morgan fingerprint density at radius 1 is 1.50 bits per heavy atom. The number of aliphatic hydroxyl groups is 1. The number of ether oxygens (including phenoxy) is 2. The van der Waals surface area contributed by atoms with E-state index in [1.54, 1.807) is 0 Å². The molecule has 3 heterocycles. The highest BCUT2D eigenvalue weighted by atomic mass is 79.9. The third-order valence-electron chi connectivity index (χ3n) is 3.35. The predicted octanol–water partition coefficient (Wildman–Crippen LogP) is 0.117. The van der Waals surface area contributed by atoms with Crippen LogP contribution in [0.4, 0.5) is 0 Å². The SMILES string of the molecule is CC(=O)OC[C@H]1O[C@@H](n2cnc3c(O)ncnc32)[C@H](O)[C@@H]1Br. The second-order valence-corrected chi connectivity index (χ2v) is 5.88. The van der Waals surface area contributed by atoms with Gasteiger partial charge in [-0.25, -0.2) is 9.97 Å². The van der Waals surface area contributed by atoms with Gasteiger partial charge in [0.1, 0.15) is 25.1 Å². The van der Waals surface area contributed by atoms with Crippen molar-refractivity contribution in [3.63, 3.8) is 0 Å². The Labute approximate surface area is 133 Å². The highest BCUT2D eigenvalue weighted by molar-refractivity contribution is 9.09. The van der Waals surface area contributed by atoms with Crippen molar-refractivity contribution in [1.82, 2.24) is 19.5 Å². The quantitative estimate of drug-likeness (QED) is 0.575. The van der Waals surface area contributed by atoms with Gasteiger partial charge in [-0.3, -0.25) is 9.36 Å². The Kier molecular flexibility index (Phi) is 3.98. The zero-order valence-corrected chi connectivity index (χ0v) is 13.0. The molecule has 0 aromatic carbocycles. The lowest BCUT2D eigenvalue weighted by atomic mass is 10.2. The van der Waals surface area contributed by atoms with Gasteiger partial charge in [0, 0.05) is 6.92 Å². The summed E-state index contributed by atoms with van der Waals surface area (Å²) < 4.78 is 12.2. The molecule has 4 atom stereocenters. The molecule has 2 N–H and O–H groups in total. The number of nitrogens with zero attached hydrogens (tertiary/aromatic N) is 4. The molecular weight excluding hydrogens is 360 g/mol. The first-order valence-corrected chi connectivity index (χ1v) is 7.38. The number of hydrogen-bond acceptors (Lipinski definition) is 8. The first-order valence-electron chi connectivity index (χ1n) is 6.46. The molecule has 0 saturated carbocycles. The van der Waals surface area contributed by atoms with E-state index in [0.29, 0.717) is 5.65 Å². The van der Waals surface area contributed by atoms with Gasteiger partial charge in [0.25, 0.3) is 0 Å². The van der Waals surface area contributed by atoms with Gasteiger partial charge in [0.05, 0.1) is 11.2 Å². The van der Waals surface area contributed by atoms with Gasteiger partial charge in [0.2, 0.25) is 5.88 Å². The molecular formula is C12H13BrN4O5. The fourth-order valence-corrected chi connectivity index (χ4v) is 2.84. The van der Waals surface area contributed by atoms with Gasteiger partial charge in [-0.1, -0.05) is 15.9 Å². The van der Waals surface area contributed by atoms with Gasteiger partial charge < -0.3 is 19.7 Å². The van der Waals surface area contributed by atoms with Crippen LogP contribution in [-0.2, 0) is 14.3 Å². The van der Waals surface area contributed by atoms with Crippen molar-refractivity contribution >= 4 is 33.1 Å². The first-order chi connectivity index (χ1) is 10.5. The third-order valence-corrected chi connectivity index (χ3v) is 4.48. The maximum atomic E-state index is 10.9. The fraction of sp³-hybridized carbons (Fsp3) is 0.500. The molecule has 1 fully saturated rings. The largest absolute Gasteiger partial charge is 0.492 e. The standard InChI is InChI=1S/C12H13BrN4O5/c1-5(18)21-2-6-7(13)9(19)12(22-6)17-4-16-8-10(17)14-3-15-11(8)20/h3-4,6-7,9,12,19H,2H2,1H3,(H,14,15,20)/t6-,7-,9-,12-/m1/s1. The second-order valence-electron chi connectivity index (χ2n) is 4.82. The summed E-state index contributed by atoms with van der Waals surface area (Å²) >= 11 is 3.34. The molecule has 0 amide bonds. The fourth-order valence-electron chi connectivity index (χ4n) is 2.30. The van der Waals surface area contributed by atoms with Crippen LogP contribution in [0.25, 0.3) is 11.2 Å². The molecule has 10 heteroatoms. The predicted molar refractivity (Wildman–Crippen MR) is 76.3 cm³/mol. The Hall–Kier alpha value is -1.78. The van der Waals surface area contributed by atoms with Gasteiger partial charge in [-0.05, 0) is 0 Å². The summed E-state index contributed by atoms with van der Waals surface area (Å²) in [6, 6.07) is 0. The monoisotopic (exact) mass is 372 g/mol. The molecule has 118 valence electrons. The highest BCUT2D eigenvalue weighted by Gasteiger charge is 2.44. The number of esters is 1. The topological polar surface area (TPSA) is 120 Å². The van der Waals surface area contributed by atoms with Crippen LogP contribution >= 0.6 is 15.9 Å². The number of fused-ring (bicyclic) bond motifs is 1. The van der Waals surface area contributed by atoms with Crippen molar-refractivity contribution in [3.8, 4) is 5.88 Å². The molecule has 2 aromatic rings. The molecule has 0 spiro atoms. The molecule has 1 aliphatic rings. The lowest BCUT2D eigenvalue weighted by molar-refractivity contribution is -0.145. The van der Waals surface area contributed by atoms with Crippen LogP contribution < -0.4 is 0 Å². The van der Waals surface area contributed by atoms with E-state index in [2.05, 4.69) is 30.9 Å². The molecule has 9 nitrogen and oxygen atoms in total. The number of imidazole rings is 1. The number of carbonyl (C=O) groups is 1. The maximum absolute atomic E-state index is 10.9. The number of aromatic hydroxyl groups is 1. The summed E-state index contributed by atoms with van der Waals surface area (Å²) in [6.07, 6.45) is 0.399. The van der Waals surface area contributed by atoms with E-state index in [1.165, 1.54) is 24.1 Å². The van der Waals surface area contributed by atoms with Crippen LogP contribution in [0.15, 0.2) is 12.7 Å². The maximum Gasteiger partial charge on any atom is 0.302 e. The van der Waals surface area contributed by atoms with Crippen molar-refractivity contribution in [3.05, 3.63) is 12.7 Å². The van der Waals surface area contributed by atoms with Crippen molar-refractivity contribution in [2.45, 2.75) is 30.2 Å². The molecule has 22 heavy (non-hydrogen) atoms. The molecule has 0 unspecified atom stereocenters. The van der Waals surface area contributed by atoms with E-state index in [-0.39, 0.29) is 18.0 Å². The van der Waals surface area contributed by atoms with Gasteiger partial charge in [0.15, 0.2) is 17.4 Å². The lowest BCUT2D eigenvalue weighted by Crippen LogP contribution is -2.29. The van der Waals surface area contributed by atoms with Crippen LogP contribution in [0.2, 0.25) is 0 Å². The number of rotatable bonds is 3. The van der Waals surface area contributed by atoms with Crippen molar-refractivity contribution in [2.24, 2.45) is 0 Å². The summed E-state index contributed by atoms with van der Waals surface area (Å²) in [5.74, 6) is -0.671. The number of hydrogen-bond donors (Lipinski definition) is 2. The second kappa shape index (κ2) is 5.78. The van der Waals surface area contributed by atoms with Crippen LogP contribution in [0.5, 0.6) is 5.88 Å². The van der Waals surface area contributed by atoms with Crippen LogP contribution in [-0.4, -0.2) is 59.3 Å². The number of aromatic nitrogens is 4. The molecule has 1 saturated heterocycles. The molecule has 0 bridgehead atoms. The molecule has 1 aliphatic heterocycles. The smallest absolute Gasteiger partial charge is 0.302 e. The Balaban J connectivity index is 1.87. The minimum Gasteiger partial charge on any atom is -0.492 e. The zero-order chi connectivity index (χ0) is 15.9. The molecule has 0 radical (unpaired) electrons. The van der Waals surface area contributed by atoms with Crippen LogP contribution in [0, 0.1) is 0 Å². The van der Waals surface area contributed by atoms with E-state index in [0.717, 1.165) is 0 Å². The average molecular weight is 373 g/mol. The van der Waals surface area contributed by atoms with E-state index < -0.39 is 29.2 Å². The molecule has 2 aromatic heterocycles. The summed E-state index contributed by atoms with van der Waals surface area (Å²) in [5, 5.41) is 20.0. The average Bonchev–Trinajstić information content (AvgIpc) is 3.01. The summed E-state index contributed by atoms with van der Waals surface area (Å²) in [7, 11) is 0. The number of halogens is 1. The van der Waals surface area contributed by atoms with Crippen molar-refractivity contribution in [2.75, 3.05) is 6.61 Å². The zero-order valence-electron chi connectivity index (χ0n) is 11.5. The first kappa shape index (κ1) is 15.1. The summed E-state index contributed by atoms with van der Waals surface area (Å²) in [4.78, 5) is 22.2. The minimum absolute atomic E-state index is 0.0195. The molecule has 3 rings (SSSR count). The number of carbonyl (C=O) groups excluding carboxylic acids is 1. The van der Waals surface area contributed by atoms with E-state index in [4.69, 9.17) is 9.47 Å². The highest BCUT2D eigenvalue weighted by Crippen LogP contribution is 2.35. The van der Waals surface area contributed by atoms with E-state index in [9.17, 15) is 15.0 Å².